The normalized spacial score (nSPS) is 35.4. The van der Waals surface area contributed by atoms with Gasteiger partial charge in [0.2, 0.25) is 0 Å². The Hall–Kier alpha value is -0.120. The first-order chi connectivity index (χ1) is 7.85. The molecule has 2 atom stereocenters. The quantitative estimate of drug-likeness (QED) is 0.746. The zero-order chi connectivity index (χ0) is 11.3. The fourth-order valence-electron chi connectivity index (χ4n) is 2.84. The van der Waals surface area contributed by atoms with Gasteiger partial charge in [-0.1, -0.05) is 6.92 Å². The van der Waals surface area contributed by atoms with Gasteiger partial charge >= 0.3 is 0 Å². The summed E-state index contributed by atoms with van der Waals surface area (Å²) in [6, 6.07) is 0. The van der Waals surface area contributed by atoms with Crippen LogP contribution in [0.1, 0.15) is 39.0 Å². The third-order valence-electron chi connectivity index (χ3n) is 4.23. The molecule has 2 aliphatic heterocycles. The van der Waals surface area contributed by atoms with Gasteiger partial charge in [0.1, 0.15) is 0 Å². The lowest BCUT2D eigenvalue weighted by Crippen LogP contribution is -2.40. The molecule has 2 unspecified atom stereocenters. The van der Waals surface area contributed by atoms with Crippen molar-refractivity contribution in [3.63, 3.8) is 0 Å². The van der Waals surface area contributed by atoms with Crippen molar-refractivity contribution >= 4 is 0 Å². The fourth-order valence-corrected chi connectivity index (χ4v) is 2.84. The smallest absolute Gasteiger partial charge is 0.0699 e. The van der Waals surface area contributed by atoms with Gasteiger partial charge in [0.25, 0.3) is 0 Å². The highest BCUT2D eigenvalue weighted by molar-refractivity contribution is 4.88. The highest BCUT2D eigenvalue weighted by atomic mass is 16.5. The van der Waals surface area contributed by atoms with Gasteiger partial charge < -0.3 is 15.4 Å². The molecule has 2 fully saturated rings. The van der Waals surface area contributed by atoms with Crippen LogP contribution in [0.2, 0.25) is 0 Å². The predicted molar refractivity (Wildman–Crippen MR) is 66.7 cm³/mol. The van der Waals surface area contributed by atoms with Gasteiger partial charge in [-0.25, -0.2) is 0 Å². The summed E-state index contributed by atoms with van der Waals surface area (Å²) >= 11 is 0. The van der Waals surface area contributed by atoms with Crippen LogP contribution in [-0.2, 0) is 4.74 Å². The Morgan fingerprint density at radius 1 is 1.44 bits per heavy atom. The Bertz CT molecular complexity index is 196. The van der Waals surface area contributed by atoms with E-state index in [1.54, 1.807) is 0 Å². The molecule has 3 heteroatoms. The molecule has 0 aromatic carbocycles. The second-order valence-corrected chi connectivity index (χ2v) is 5.40. The van der Waals surface area contributed by atoms with Crippen molar-refractivity contribution < 1.29 is 4.74 Å². The number of hydrogen-bond acceptors (Lipinski definition) is 3. The third-order valence-corrected chi connectivity index (χ3v) is 4.23. The molecular formula is C13H26N2O. The predicted octanol–water partition coefficient (Wildman–Crippen LogP) is 1.53. The van der Waals surface area contributed by atoms with Crippen LogP contribution >= 0.6 is 0 Å². The van der Waals surface area contributed by atoms with E-state index in [2.05, 4.69) is 17.6 Å². The Morgan fingerprint density at radius 3 is 3.00 bits per heavy atom. The van der Waals surface area contributed by atoms with Crippen LogP contribution in [0.25, 0.3) is 0 Å². The van der Waals surface area contributed by atoms with E-state index in [4.69, 9.17) is 4.74 Å². The molecule has 0 aromatic heterocycles. The van der Waals surface area contributed by atoms with Crippen LogP contribution in [0.3, 0.4) is 0 Å². The molecule has 0 aromatic rings. The number of ether oxygens (including phenoxy) is 1. The summed E-state index contributed by atoms with van der Waals surface area (Å²) in [4.78, 5) is 0. The van der Waals surface area contributed by atoms with E-state index < -0.39 is 0 Å². The van der Waals surface area contributed by atoms with Crippen molar-refractivity contribution in [1.82, 2.24) is 10.6 Å². The molecule has 0 radical (unpaired) electrons. The summed E-state index contributed by atoms with van der Waals surface area (Å²) in [6.07, 6.45) is 6.90. The molecule has 2 heterocycles. The first-order valence-corrected chi connectivity index (χ1v) is 6.88. The van der Waals surface area contributed by atoms with Crippen LogP contribution in [0, 0.1) is 5.41 Å². The fraction of sp³-hybridized carbons (Fsp3) is 1.00. The highest BCUT2D eigenvalue weighted by Crippen LogP contribution is 2.28. The van der Waals surface area contributed by atoms with Crippen LogP contribution in [-0.4, -0.2) is 38.9 Å². The summed E-state index contributed by atoms with van der Waals surface area (Å²) in [5, 5.41) is 7.11. The lowest BCUT2D eigenvalue weighted by molar-refractivity contribution is 0.0155. The Labute approximate surface area is 99.3 Å². The molecule has 2 saturated heterocycles. The molecule has 2 aliphatic rings. The minimum Gasteiger partial charge on any atom is -0.377 e. The number of hydrogen-bond donors (Lipinski definition) is 2. The maximum Gasteiger partial charge on any atom is 0.0699 e. The summed E-state index contributed by atoms with van der Waals surface area (Å²) in [5.41, 5.74) is 0.509. The van der Waals surface area contributed by atoms with Crippen molar-refractivity contribution in [2.45, 2.75) is 45.1 Å². The second-order valence-electron chi connectivity index (χ2n) is 5.40. The Balaban J connectivity index is 1.66. The largest absolute Gasteiger partial charge is 0.377 e. The van der Waals surface area contributed by atoms with Crippen molar-refractivity contribution in [3.8, 4) is 0 Å². The first kappa shape index (κ1) is 12.3. The minimum atomic E-state index is 0.469. The number of rotatable bonds is 5. The summed E-state index contributed by atoms with van der Waals surface area (Å²) < 4.78 is 5.73. The molecule has 3 nitrogen and oxygen atoms in total. The molecule has 2 N–H and O–H groups in total. The van der Waals surface area contributed by atoms with Gasteiger partial charge in [-0.3, -0.25) is 0 Å². The topological polar surface area (TPSA) is 33.3 Å². The molecule has 16 heavy (non-hydrogen) atoms. The second kappa shape index (κ2) is 5.99. The zero-order valence-corrected chi connectivity index (χ0v) is 10.6. The monoisotopic (exact) mass is 226 g/mol. The summed E-state index contributed by atoms with van der Waals surface area (Å²) in [5.74, 6) is 0. The van der Waals surface area contributed by atoms with Crippen molar-refractivity contribution in [1.29, 1.82) is 0 Å². The minimum absolute atomic E-state index is 0.469. The van der Waals surface area contributed by atoms with Crippen LogP contribution in [0.4, 0.5) is 0 Å². The maximum atomic E-state index is 5.73. The van der Waals surface area contributed by atoms with Gasteiger partial charge in [0.05, 0.1) is 6.10 Å². The van der Waals surface area contributed by atoms with Crippen molar-refractivity contribution in [3.05, 3.63) is 0 Å². The zero-order valence-electron chi connectivity index (χ0n) is 10.6. The van der Waals surface area contributed by atoms with Gasteiger partial charge in [0, 0.05) is 26.2 Å². The van der Waals surface area contributed by atoms with Crippen LogP contribution in [0.15, 0.2) is 0 Å². The molecule has 0 saturated carbocycles. The Kier molecular flexibility index (Phi) is 4.62. The van der Waals surface area contributed by atoms with E-state index in [-0.39, 0.29) is 0 Å². The summed E-state index contributed by atoms with van der Waals surface area (Å²) in [7, 11) is 0. The highest BCUT2D eigenvalue weighted by Gasteiger charge is 2.31. The van der Waals surface area contributed by atoms with Crippen LogP contribution < -0.4 is 10.6 Å². The van der Waals surface area contributed by atoms with E-state index in [0.29, 0.717) is 11.5 Å². The molecule has 0 spiro atoms. The van der Waals surface area contributed by atoms with Crippen LogP contribution in [0.5, 0.6) is 0 Å². The van der Waals surface area contributed by atoms with Crippen molar-refractivity contribution in [2.24, 2.45) is 5.41 Å². The molecule has 94 valence electrons. The molecule has 0 bridgehead atoms. The van der Waals surface area contributed by atoms with Gasteiger partial charge in [0.15, 0.2) is 0 Å². The number of nitrogens with one attached hydrogen (secondary N) is 2. The van der Waals surface area contributed by atoms with Gasteiger partial charge in [-0.2, -0.15) is 0 Å². The average Bonchev–Trinajstić information content (AvgIpc) is 2.80. The third kappa shape index (κ3) is 3.19. The van der Waals surface area contributed by atoms with Crippen molar-refractivity contribution in [2.75, 3.05) is 32.8 Å². The average molecular weight is 226 g/mol. The lowest BCUT2D eigenvalue weighted by atomic mass is 9.84. The SMILES string of the molecule is CCC1(CNCC2CCCCO2)CCNC1. The van der Waals surface area contributed by atoms with Gasteiger partial charge in [-0.15, -0.1) is 0 Å². The molecule has 2 rings (SSSR count). The summed E-state index contributed by atoms with van der Waals surface area (Å²) in [6.45, 7) is 7.84. The molecule has 0 amide bonds. The lowest BCUT2D eigenvalue weighted by Gasteiger charge is -2.29. The van der Waals surface area contributed by atoms with Gasteiger partial charge in [-0.05, 0) is 44.1 Å². The van der Waals surface area contributed by atoms with E-state index in [1.807, 2.05) is 0 Å². The van der Waals surface area contributed by atoms with E-state index in [1.165, 1.54) is 45.2 Å². The first-order valence-electron chi connectivity index (χ1n) is 6.88. The molecular weight excluding hydrogens is 200 g/mol. The molecule has 0 aliphatic carbocycles. The van der Waals surface area contributed by atoms with E-state index in [0.717, 1.165) is 19.7 Å². The standard InChI is InChI=1S/C13H26N2O/c1-2-13(6-7-14-10-13)11-15-9-12-5-3-4-8-16-12/h12,14-15H,2-11H2,1H3. The van der Waals surface area contributed by atoms with E-state index >= 15 is 0 Å². The van der Waals surface area contributed by atoms with E-state index in [9.17, 15) is 0 Å². The Morgan fingerprint density at radius 2 is 2.38 bits per heavy atom. The maximum absolute atomic E-state index is 5.73.